The minimum Gasteiger partial charge on any atom is -0.497 e. The summed E-state index contributed by atoms with van der Waals surface area (Å²) in [5.74, 6) is -2.18. The third-order valence-corrected chi connectivity index (χ3v) is 8.36. The van der Waals surface area contributed by atoms with Crippen molar-refractivity contribution in [2.75, 3.05) is 17.3 Å². The second-order valence-corrected chi connectivity index (χ2v) is 10.4. The third kappa shape index (κ3) is 3.04. The molecule has 0 saturated carbocycles. The van der Waals surface area contributed by atoms with E-state index >= 15 is 0 Å². The lowest BCUT2D eigenvalue weighted by atomic mass is 9.76. The van der Waals surface area contributed by atoms with Crippen LogP contribution in [0.5, 0.6) is 5.75 Å². The SMILES string of the molecule is COc1ccc(N2C(=O)[C@H]3[C@@H](C2=O)[C@]2(N[C@@H]3Cc3c[nH]c4ccccc34)C(=O)Nc3ccc(Cl)cc32)cc1. The summed E-state index contributed by atoms with van der Waals surface area (Å²) < 4.78 is 5.24. The van der Waals surface area contributed by atoms with Crippen LogP contribution in [-0.4, -0.2) is 35.9 Å². The molecule has 190 valence electrons. The van der Waals surface area contributed by atoms with Crippen molar-refractivity contribution in [3.05, 3.63) is 89.1 Å². The van der Waals surface area contributed by atoms with Crippen LogP contribution in [0.2, 0.25) is 5.02 Å². The van der Waals surface area contributed by atoms with E-state index in [1.165, 1.54) is 4.90 Å². The second-order valence-electron chi connectivity index (χ2n) is 9.98. The highest BCUT2D eigenvalue weighted by Crippen LogP contribution is 2.54. The number of nitrogens with zero attached hydrogens (tertiary/aromatic N) is 1. The Morgan fingerprint density at radius 2 is 1.79 bits per heavy atom. The van der Waals surface area contributed by atoms with Gasteiger partial charge in [0.05, 0.1) is 24.6 Å². The Balaban J connectivity index is 1.37. The molecule has 3 N–H and O–H groups in total. The Morgan fingerprint density at radius 1 is 1.00 bits per heavy atom. The number of hydrogen-bond donors (Lipinski definition) is 3. The van der Waals surface area contributed by atoms with E-state index in [2.05, 4.69) is 15.6 Å². The van der Waals surface area contributed by atoms with Crippen molar-refractivity contribution in [3.63, 3.8) is 0 Å². The number of carbonyl (C=O) groups is 3. The maximum atomic E-state index is 14.1. The molecule has 0 radical (unpaired) electrons. The number of halogens is 1. The number of nitrogens with one attached hydrogen (secondary N) is 3. The molecule has 0 bridgehead atoms. The number of methoxy groups -OCH3 is 1. The zero-order chi connectivity index (χ0) is 26.2. The van der Waals surface area contributed by atoms with Crippen LogP contribution >= 0.6 is 11.6 Å². The van der Waals surface area contributed by atoms with E-state index in [1.54, 1.807) is 49.6 Å². The normalized spacial score (nSPS) is 25.8. The average molecular weight is 527 g/mol. The molecule has 4 atom stereocenters. The second kappa shape index (κ2) is 8.18. The Labute approximate surface area is 222 Å². The molecule has 9 heteroatoms. The first-order valence-electron chi connectivity index (χ1n) is 12.4. The molecule has 2 saturated heterocycles. The Kier molecular flexibility index (Phi) is 4.95. The maximum absolute atomic E-state index is 14.1. The quantitative estimate of drug-likeness (QED) is 0.349. The molecule has 8 nitrogen and oxygen atoms in total. The number of amides is 3. The number of anilines is 2. The van der Waals surface area contributed by atoms with Gasteiger partial charge in [-0.2, -0.15) is 0 Å². The van der Waals surface area contributed by atoms with Crippen LogP contribution in [0.1, 0.15) is 11.1 Å². The van der Waals surface area contributed by atoms with Gasteiger partial charge in [0.15, 0.2) is 0 Å². The van der Waals surface area contributed by atoms with Crippen molar-refractivity contribution in [3.8, 4) is 5.75 Å². The lowest BCUT2D eigenvalue weighted by molar-refractivity contribution is -0.130. The summed E-state index contributed by atoms with van der Waals surface area (Å²) in [6.45, 7) is 0. The van der Waals surface area contributed by atoms with Crippen molar-refractivity contribution in [1.82, 2.24) is 10.3 Å². The molecule has 4 aromatic rings. The van der Waals surface area contributed by atoms with Crippen molar-refractivity contribution >= 4 is 51.6 Å². The number of fused-ring (bicyclic) bond motifs is 5. The van der Waals surface area contributed by atoms with Gasteiger partial charge in [-0.25, -0.2) is 4.90 Å². The molecule has 3 aromatic carbocycles. The van der Waals surface area contributed by atoms with Gasteiger partial charge in [0.25, 0.3) is 0 Å². The van der Waals surface area contributed by atoms with Gasteiger partial charge in [-0.05, 0) is 60.5 Å². The van der Waals surface area contributed by atoms with Crippen molar-refractivity contribution in [2.45, 2.75) is 18.0 Å². The molecule has 1 aromatic heterocycles. The van der Waals surface area contributed by atoms with E-state index in [0.717, 1.165) is 16.5 Å². The molecule has 38 heavy (non-hydrogen) atoms. The lowest BCUT2D eigenvalue weighted by Crippen LogP contribution is -2.53. The molecular formula is C29H23ClN4O4. The van der Waals surface area contributed by atoms with Crippen LogP contribution in [0.3, 0.4) is 0 Å². The fraction of sp³-hybridized carbons (Fsp3) is 0.207. The lowest BCUT2D eigenvalue weighted by Gasteiger charge is -2.29. The number of aromatic amines is 1. The van der Waals surface area contributed by atoms with Gasteiger partial charge in [-0.3, -0.25) is 19.7 Å². The molecule has 0 unspecified atom stereocenters. The molecule has 0 aliphatic carbocycles. The van der Waals surface area contributed by atoms with E-state index in [0.29, 0.717) is 34.1 Å². The predicted molar refractivity (Wildman–Crippen MR) is 143 cm³/mol. The van der Waals surface area contributed by atoms with Gasteiger partial charge >= 0.3 is 0 Å². The first-order chi connectivity index (χ1) is 18.4. The summed E-state index contributed by atoms with van der Waals surface area (Å²) in [4.78, 5) is 46.4. The van der Waals surface area contributed by atoms with Gasteiger partial charge in [0, 0.05) is 39.4 Å². The zero-order valence-electron chi connectivity index (χ0n) is 20.3. The molecule has 3 aliphatic heterocycles. The molecule has 1 spiro atoms. The molecule has 3 amide bonds. The van der Waals surface area contributed by atoms with Crippen LogP contribution in [0.4, 0.5) is 11.4 Å². The highest BCUT2D eigenvalue weighted by molar-refractivity contribution is 6.31. The monoisotopic (exact) mass is 526 g/mol. The highest BCUT2D eigenvalue weighted by Gasteiger charge is 2.70. The van der Waals surface area contributed by atoms with Gasteiger partial charge < -0.3 is 15.0 Å². The minimum atomic E-state index is -1.42. The number of hydrogen-bond acceptors (Lipinski definition) is 5. The number of ether oxygens (including phenoxy) is 1. The fourth-order valence-corrected chi connectivity index (χ4v) is 6.64. The average Bonchev–Trinajstić information content (AvgIpc) is 3.63. The number of rotatable bonds is 4. The third-order valence-electron chi connectivity index (χ3n) is 8.12. The van der Waals surface area contributed by atoms with Gasteiger partial charge in [-0.1, -0.05) is 29.8 Å². The summed E-state index contributed by atoms with van der Waals surface area (Å²) in [6.07, 6.45) is 2.37. The van der Waals surface area contributed by atoms with Crippen molar-refractivity contribution in [2.24, 2.45) is 11.8 Å². The fourth-order valence-electron chi connectivity index (χ4n) is 6.47. The van der Waals surface area contributed by atoms with E-state index in [1.807, 2.05) is 30.5 Å². The van der Waals surface area contributed by atoms with E-state index in [9.17, 15) is 14.4 Å². The summed E-state index contributed by atoms with van der Waals surface area (Å²) in [5, 5.41) is 7.89. The van der Waals surface area contributed by atoms with E-state index in [4.69, 9.17) is 16.3 Å². The Morgan fingerprint density at radius 3 is 2.58 bits per heavy atom. The number of aromatic nitrogens is 1. The van der Waals surface area contributed by atoms with E-state index in [-0.39, 0.29) is 11.8 Å². The molecule has 2 fully saturated rings. The summed E-state index contributed by atoms with van der Waals surface area (Å²) in [5.41, 5.74) is 2.18. The van der Waals surface area contributed by atoms with Gasteiger partial charge in [0.1, 0.15) is 11.3 Å². The van der Waals surface area contributed by atoms with Crippen LogP contribution in [0.25, 0.3) is 10.9 Å². The zero-order valence-corrected chi connectivity index (χ0v) is 21.1. The molecule has 3 aliphatic rings. The van der Waals surface area contributed by atoms with Gasteiger partial charge in [-0.15, -0.1) is 0 Å². The topological polar surface area (TPSA) is 104 Å². The molecular weight excluding hydrogens is 504 g/mol. The van der Waals surface area contributed by atoms with Crippen LogP contribution in [0, 0.1) is 11.8 Å². The smallest absolute Gasteiger partial charge is 0.250 e. The van der Waals surface area contributed by atoms with Gasteiger partial charge in [0.2, 0.25) is 17.7 Å². The Bertz CT molecular complexity index is 1650. The predicted octanol–water partition coefficient (Wildman–Crippen LogP) is 4.00. The summed E-state index contributed by atoms with van der Waals surface area (Å²) >= 11 is 6.37. The minimum absolute atomic E-state index is 0.331. The Hall–Kier alpha value is -4.14. The highest BCUT2D eigenvalue weighted by atomic mass is 35.5. The van der Waals surface area contributed by atoms with Crippen LogP contribution in [-0.2, 0) is 26.3 Å². The maximum Gasteiger partial charge on any atom is 0.250 e. The van der Waals surface area contributed by atoms with E-state index < -0.39 is 29.3 Å². The summed E-state index contributed by atoms with van der Waals surface area (Å²) in [6, 6.07) is 19.4. The standard InChI is InChI=1S/C29H23ClN4O4/c1-38-18-9-7-17(8-10-18)34-26(35)24-23(12-15-14-31-21-5-3-2-4-19(15)21)33-29(25(24)27(34)36)20-13-16(30)6-11-22(20)32-28(29)37/h2-11,13-14,23-25,31,33H,12H2,1H3,(H,32,37)/t23-,24-,25+,29+/m1/s1. The number of para-hydroxylation sites is 1. The number of carbonyl (C=O) groups excluding carboxylic acids is 3. The first-order valence-corrected chi connectivity index (χ1v) is 12.8. The van der Waals surface area contributed by atoms with Crippen molar-refractivity contribution < 1.29 is 19.1 Å². The van der Waals surface area contributed by atoms with Crippen LogP contribution in [0.15, 0.2) is 72.9 Å². The molecule has 4 heterocycles. The largest absolute Gasteiger partial charge is 0.497 e. The van der Waals surface area contributed by atoms with Crippen molar-refractivity contribution in [1.29, 1.82) is 0 Å². The summed E-state index contributed by atoms with van der Waals surface area (Å²) in [7, 11) is 1.55. The van der Waals surface area contributed by atoms with Crippen LogP contribution < -0.4 is 20.3 Å². The number of H-pyrrole nitrogens is 1. The number of imide groups is 1. The number of benzene rings is 3. The first kappa shape index (κ1) is 23.0. The molecule has 7 rings (SSSR count).